The summed E-state index contributed by atoms with van der Waals surface area (Å²) in [6.07, 6.45) is 38.4. The van der Waals surface area contributed by atoms with E-state index in [2.05, 4.69) is 65.7 Å². The molecular weight excluding hydrogens is 985 g/mol. The summed E-state index contributed by atoms with van der Waals surface area (Å²) in [5, 5.41) is 31.3. The van der Waals surface area contributed by atoms with Crippen molar-refractivity contribution < 1.29 is 71.4 Å². The molecule has 19 nitrogen and oxygen atoms in total. The molecule has 0 aromatic carbocycles. The Hall–Kier alpha value is -4.10. The first-order valence-electron chi connectivity index (χ1n) is 25.7. The fourth-order valence-corrected chi connectivity index (χ4v) is 9.13. The molecule has 0 saturated carbocycles. The Morgan fingerprint density at radius 2 is 1.27 bits per heavy atom. The Morgan fingerprint density at radius 3 is 1.92 bits per heavy atom. The van der Waals surface area contributed by atoms with Crippen molar-refractivity contribution in [2.24, 2.45) is 0 Å². The van der Waals surface area contributed by atoms with Gasteiger partial charge in [0, 0.05) is 19.0 Å². The summed E-state index contributed by atoms with van der Waals surface area (Å²) in [6.45, 7) is 1.87. The molecule has 1 aromatic heterocycles. The molecule has 1 fully saturated rings. The van der Waals surface area contributed by atoms with E-state index in [-0.39, 0.29) is 31.5 Å². The van der Waals surface area contributed by atoms with Gasteiger partial charge in [0.2, 0.25) is 0 Å². The van der Waals surface area contributed by atoms with Gasteiger partial charge in [-0.25, -0.2) is 13.9 Å². The second-order valence-electron chi connectivity index (χ2n) is 17.5. The van der Waals surface area contributed by atoms with Gasteiger partial charge in [0.1, 0.15) is 30.7 Å². The molecule has 1 aromatic rings. The maximum Gasteiger partial charge on any atom is 0.481 e. The van der Waals surface area contributed by atoms with Crippen molar-refractivity contribution in [1.29, 1.82) is 0 Å². The number of hydrogen-bond acceptors (Lipinski definition) is 16. The van der Waals surface area contributed by atoms with Gasteiger partial charge in [-0.15, -0.1) is 0 Å². The number of nitrogen functional groups attached to an aromatic ring is 1. The lowest BCUT2D eigenvalue weighted by Gasteiger charge is -2.21. The average Bonchev–Trinajstić information content (AvgIpc) is 3.62. The third-order valence-corrected chi connectivity index (χ3v) is 13.7. The van der Waals surface area contributed by atoms with Crippen molar-refractivity contribution in [2.45, 2.75) is 185 Å². The summed E-state index contributed by atoms with van der Waals surface area (Å²) < 4.78 is 56.5. The molecule has 21 heteroatoms. The van der Waals surface area contributed by atoms with Crippen LogP contribution in [0.3, 0.4) is 0 Å². The highest BCUT2D eigenvalue weighted by Crippen LogP contribution is 2.60. The summed E-state index contributed by atoms with van der Waals surface area (Å²) in [6, 6.07) is 1.23. The first kappa shape index (κ1) is 65.0. The van der Waals surface area contributed by atoms with Gasteiger partial charge in [0.25, 0.3) is 0 Å². The number of carbonyl (C=O) groups is 2. The van der Waals surface area contributed by atoms with Crippen LogP contribution in [-0.2, 0) is 46.3 Å². The first-order chi connectivity index (χ1) is 35.1. The van der Waals surface area contributed by atoms with E-state index in [1.807, 2.05) is 30.4 Å². The molecule has 0 aliphatic carbocycles. The van der Waals surface area contributed by atoms with Gasteiger partial charge in [-0.3, -0.25) is 23.2 Å². The van der Waals surface area contributed by atoms with E-state index in [1.165, 1.54) is 63.9 Å². The van der Waals surface area contributed by atoms with Gasteiger partial charge in [0.05, 0.1) is 19.3 Å². The van der Waals surface area contributed by atoms with Gasteiger partial charge >= 0.3 is 33.3 Å². The van der Waals surface area contributed by atoms with Crippen LogP contribution in [0.25, 0.3) is 0 Å². The molecule has 0 bridgehead atoms. The summed E-state index contributed by atoms with van der Waals surface area (Å²) in [5.74, 6) is -1.58. The van der Waals surface area contributed by atoms with Gasteiger partial charge in [-0.1, -0.05) is 144 Å². The quantitative estimate of drug-likeness (QED) is 0.0117. The number of aliphatic hydroxyl groups is 3. The lowest BCUT2D eigenvalue weighted by Crippen LogP contribution is -2.36. The van der Waals surface area contributed by atoms with Crippen molar-refractivity contribution in [3.63, 3.8) is 0 Å². The van der Waals surface area contributed by atoms with Crippen LogP contribution < -0.4 is 11.4 Å². The summed E-state index contributed by atoms with van der Waals surface area (Å²) in [4.78, 5) is 61.9. The number of hydrogen-bond donors (Lipinski definition) is 6. The topological polar surface area (TPSA) is 286 Å². The van der Waals surface area contributed by atoms with Crippen LogP contribution in [0, 0.1) is 0 Å². The molecule has 1 aliphatic rings. The lowest BCUT2D eigenvalue weighted by molar-refractivity contribution is -0.161. The number of carbonyl (C=O) groups excluding carboxylic acids is 2. The number of nitrogens with two attached hydrogens (primary N) is 1. The van der Waals surface area contributed by atoms with E-state index in [1.54, 1.807) is 12.2 Å². The largest absolute Gasteiger partial charge is 0.481 e. The molecule has 0 amide bonds. The van der Waals surface area contributed by atoms with Crippen LogP contribution in [0.1, 0.15) is 155 Å². The number of phosphoric ester groups is 2. The molecule has 412 valence electrons. The van der Waals surface area contributed by atoms with Crippen LogP contribution in [0.2, 0.25) is 0 Å². The Kier molecular flexibility index (Phi) is 35.0. The van der Waals surface area contributed by atoms with Crippen LogP contribution in [0.5, 0.6) is 0 Å². The molecule has 3 unspecified atom stereocenters. The predicted octanol–water partition coefficient (Wildman–Crippen LogP) is 9.64. The number of nitrogens with zero attached hydrogens (tertiary/aromatic N) is 2. The van der Waals surface area contributed by atoms with E-state index in [4.69, 9.17) is 29.0 Å². The maximum atomic E-state index is 12.9. The summed E-state index contributed by atoms with van der Waals surface area (Å²) in [7, 11) is -11.0. The second kappa shape index (κ2) is 39.3. The minimum Gasteiger partial charge on any atom is -0.462 e. The maximum absolute atomic E-state index is 12.9. The number of ether oxygens (including phenoxy) is 3. The van der Waals surface area contributed by atoms with E-state index in [0.717, 1.165) is 42.9 Å². The molecule has 8 atom stereocenters. The molecular formula is C52H83N3O16P2. The summed E-state index contributed by atoms with van der Waals surface area (Å²) >= 11 is 0. The Balaban J connectivity index is 1.88. The highest BCUT2D eigenvalue weighted by atomic mass is 31.3. The highest BCUT2D eigenvalue weighted by molar-refractivity contribution is 7.61. The van der Waals surface area contributed by atoms with Crippen molar-refractivity contribution in [2.75, 3.05) is 25.6 Å². The zero-order valence-corrected chi connectivity index (χ0v) is 44.6. The first-order valence-corrected chi connectivity index (χ1v) is 28.7. The molecule has 0 radical (unpaired) electrons. The highest BCUT2D eigenvalue weighted by Gasteiger charge is 2.46. The van der Waals surface area contributed by atoms with Crippen LogP contribution >= 0.6 is 15.6 Å². The third kappa shape index (κ3) is 32.1. The Labute approximate surface area is 431 Å². The summed E-state index contributed by atoms with van der Waals surface area (Å²) in [5.41, 5.74) is 4.57. The SMILES string of the molecule is CCCCC/C=C\C/C=C\C/C=C\C/C=C\CCCC(=O)O[C@H](COC(=O)CCCC(O)/C=C/C=C/C/C=C/CCCCCCCC)COP(=O)(O)OP(=O)(O)OC[C@H]1O[C@@H](n2ccc(N)nc2=O)[C@H](O)[C@@H]1O. The number of esters is 2. The molecule has 2 rings (SSSR count). The number of aliphatic hydroxyl groups excluding tert-OH is 3. The van der Waals surface area contributed by atoms with Crippen molar-refractivity contribution in [3.8, 4) is 0 Å². The van der Waals surface area contributed by atoms with Gasteiger partial charge < -0.3 is 45.1 Å². The monoisotopic (exact) mass is 1070 g/mol. The van der Waals surface area contributed by atoms with E-state index >= 15 is 0 Å². The van der Waals surface area contributed by atoms with Crippen molar-refractivity contribution >= 4 is 33.4 Å². The number of unbranched alkanes of at least 4 members (excludes halogenated alkanes) is 10. The predicted molar refractivity (Wildman–Crippen MR) is 281 cm³/mol. The van der Waals surface area contributed by atoms with E-state index in [9.17, 15) is 48.6 Å². The Morgan fingerprint density at radius 1 is 0.726 bits per heavy atom. The van der Waals surface area contributed by atoms with Crippen molar-refractivity contribution in [3.05, 3.63) is 108 Å². The minimum absolute atomic E-state index is 0.0693. The van der Waals surface area contributed by atoms with Gasteiger partial charge in [0.15, 0.2) is 12.3 Å². The minimum atomic E-state index is -5.48. The molecule has 73 heavy (non-hydrogen) atoms. The van der Waals surface area contributed by atoms with E-state index < -0.39 is 89.8 Å². The lowest BCUT2D eigenvalue weighted by atomic mass is 10.1. The zero-order chi connectivity index (χ0) is 53.6. The molecule has 2 heterocycles. The zero-order valence-electron chi connectivity index (χ0n) is 42.8. The number of aromatic nitrogens is 2. The fraction of sp³-hybridized carbons (Fsp3) is 0.615. The third-order valence-electron chi connectivity index (χ3n) is 11.1. The fourth-order valence-electron chi connectivity index (χ4n) is 7.02. The van der Waals surface area contributed by atoms with Crippen LogP contribution in [0.4, 0.5) is 5.82 Å². The number of phosphoric acid groups is 2. The number of allylic oxidation sites excluding steroid dienone is 13. The molecule has 0 spiro atoms. The number of anilines is 1. The smallest absolute Gasteiger partial charge is 0.462 e. The number of rotatable bonds is 41. The van der Waals surface area contributed by atoms with Crippen molar-refractivity contribution in [1.82, 2.24) is 9.55 Å². The van der Waals surface area contributed by atoms with Gasteiger partial charge in [-0.2, -0.15) is 9.29 Å². The second-order valence-corrected chi connectivity index (χ2v) is 20.6. The Bertz CT molecular complexity index is 2070. The van der Waals surface area contributed by atoms with Crippen LogP contribution in [-0.4, -0.2) is 96.9 Å². The normalized spacial score (nSPS) is 20.1. The molecule has 7 N–H and O–H groups in total. The molecule has 1 saturated heterocycles. The van der Waals surface area contributed by atoms with Crippen LogP contribution in [0.15, 0.2) is 102 Å². The van der Waals surface area contributed by atoms with Gasteiger partial charge in [-0.05, 0) is 83.1 Å². The average molecular weight is 1070 g/mol. The standard InChI is InChI=1S/C52H83N3O16P2/c1-3-5-7-9-11-13-15-17-18-19-20-22-24-26-28-30-32-36-48(58)69-44(40-66-47(57)37-33-35-43(56)34-31-29-27-25-23-21-16-14-12-10-8-6-4-2)41-67-72(62,63)71-73(64,65)68-42-45-49(59)50(60)51(70-45)55-39-38-46(53)54-52(55)61/h11,13,17-18,20-23,26-29,31,34,38-39,43-45,49-51,56,59-60H,3-10,12,14-16,19,24-25,30,32-33,35-37,40-42H2,1-2H3,(H,62,63)(H,64,65)(H2,53,54,61)/b13-11-,18-17-,22-20-,23-21+,28-26-,29-27+,34-31+/t43?,44-,45-,49-,50-,51-/m1/s1. The van der Waals surface area contributed by atoms with E-state index in [0.29, 0.717) is 19.3 Å². The molecule has 1 aliphatic heterocycles.